The van der Waals surface area contributed by atoms with Gasteiger partial charge in [-0.05, 0) is 11.6 Å². The summed E-state index contributed by atoms with van der Waals surface area (Å²) in [6.07, 6.45) is -4.29. The first-order chi connectivity index (χ1) is 8.36. The highest BCUT2D eigenvalue weighted by Gasteiger charge is 2.33. The standard InChI is InChI=1S/C12H13ClF3NO/c1-17(11(18)6-7-13)8-9-4-2-3-5-10(9)12(14,15)16/h2-5H,6-8H2,1H3. The van der Waals surface area contributed by atoms with Crippen LogP contribution in [0.2, 0.25) is 0 Å². The molecule has 0 radical (unpaired) electrons. The summed E-state index contributed by atoms with van der Waals surface area (Å²) in [4.78, 5) is 12.7. The van der Waals surface area contributed by atoms with Crippen molar-refractivity contribution < 1.29 is 18.0 Å². The topological polar surface area (TPSA) is 20.3 Å². The molecule has 0 aromatic heterocycles. The average Bonchev–Trinajstić information content (AvgIpc) is 2.28. The number of alkyl halides is 4. The first kappa shape index (κ1) is 14.8. The zero-order valence-corrected chi connectivity index (χ0v) is 10.6. The Hall–Kier alpha value is -1.23. The lowest BCUT2D eigenvalue weighted by Crippen LogP contribution is -2.27. The highest BCUT2D eigenvalue weighted by Crippen LogP contribution is 2.32. The summed E-state index contributed by atoms with van der Waals surface area (Å²) in [6.45, 7) is -0.0780. The van der Waals surface area contributed by atoms with E-state index in [9.17, 15) is 18.0 Å². The Morgan fingerprint density at radius 3 is 2.50 bits per heavy atom. The van der Waals surface area contributed by atoms with Gasteiger partial charge >= 0.3 is 6.18 Å². The van der Waals surface area contributed by atoms with Crippen LogP contribution in [0, 0.1) is 0 Å². The SMILES string of the molecule is CN(Cc1ccccc1C(F)(F)F)C(=O)CCCl. The summed E-state index contributed by atoms with van der Waals surface area (Å²) in [5, 5.41) is 0. The third kappa shape index (κ3) is 3.91. The van der Waals surface area contributed by atoms with E-state index in [1.807, 2.05) is 0 Å². The van der Waals surface area contributed by atoms with Gasteiger partial charge in [-0.15, -0.1) is 11.6 Å². The van der Waals surface area contributed by atoms with Gasteiger partial charge in [-0.1, -0.05) is 18.2 Å². The first-order valence-corrected chi connectivity index (χ1v) is 5.84. The van der Waals surface area contributed by atoms with Gasteiger partial charge in [0, 0.05) is 25.9 Å². The fourth-order valence-electron chi connectivity index (χ4n) is 1.55. The Morgan fingerprint density at radius 1 is 1.33 bits per heavy atom. The van der Waals surface area contributed by atoms with Crippen molar-refractivity contribution in [1.29, 1.82) is 0 Å². The molecule has 18 heavy (non-hydrogen) atoms. The molecule has 0 aliphatic carbocycles. The van der Waals surface area contributed by atoms with E-state index in [1.54, 1.807) is 0 Å². The van der Waals surface area contributed by atoms with Crippen molar-refractivity contribution in [1.82, 2.24) is 4.90 Å². The van der Waals surface area contributed by atoms with Crippen LogP contribution in [0.1, 0.15) is 17.5 Å². The van der Waals surface area contributed by atoms with Crippen molar-refractivity contribution >= 4 is 17.5 Å². The second-order valence-electron chi connectivity index (χ2n) is 3.84. The van der Waals surface area contributed by atoms with Gasteiger partial charge in [0.1, 0.15) is 0 Å². The number of carbonyl (C=O) groups excluding carboxylic acids is 1. The minimum atomic E-state index is -4.41. The fraction of sp³-hybridized carbons (Fsp3) is 0.417. The summed E-state index contributed by atoms with van der Waals surface area (Å²) in [5.74, 6) is -0.119. The summed E-state index contributed by atoms with van der Waals surface area (Å²) in [5.41, 5.74) is -0.633. The molecule has 0 bridgehead atoms. The number of hydrogen-bond acceptors (Lipinski definition) is 1. The van der Waals surface area contributed by atoms with Crippen molar-refractivity contribution in [3.8, 4) is 0 Å². The van der Waals surface area contributed by atoms with Crippen molar-refractivity contribution in [2.24, 2.45) is 0 Å². The van der Waals surface area contributed by atoms with Crippen LogP contribution in [-0.4, -0.2) is 23.7 Å². The number of hydrogen-bond donors (Lipinski definition) is 0. The molecule has 0 saturated carbocycles. The number of rotatable bonds is 4. The van der Waals surface area contributed by atoms with E-state index < -0.39 is 11.7 Å². The van der Waals surface area contributed by atoms with Gasteiger partial charge in [-0.2, -0.15) is 13.2 Å². The van der Waals surface area contributed by atoms with Gasteiger partial charge in [0.2, 0.25) is 5.91 Å². The van der Waals surface area contributed by atoms with E-state index in [0.717, 1.165) is 6.07 Å². The van der Waals surface area contributed by atoms with Gasteiger partial charge in [0.25, 0.3) is 0 Å². The van der Waals surface area contributed by atoms with Crippen molar-refractivity contribution in [2.75, 3.05) is 12.9 Å². The smallest absolute Gasteiger partial charge is 0.341 e. The third-order valence-electron chi connectivity index (χ3n) is 2.46. The maximum atomic E-state index is 12.7. The van der Waals surface area contributed by atoms with E-state index in [2.05, 4.69) is 0 Å². The molecule has 0 saturated heterocycles. The molecule has 0 atom stereocenters. The van der Waals surface area contributed by atoms with Gasteiger partial charge < -0.3 is 4.90 Å². The largest absolute Gasteiger partial charge is 0.416 e. The van der Waals surface area contributed by atoms with Gasteiger partial charge in [-0.3, -0.25) is 4.79 Å². The number of halogens is 4. The fourth-order valence-corrected chi connectivity index (χ4v) is 1.71. The summed E-state index contributed by atoms with van der Waals surface area (Å²) in [7, 11) is 1.46. The lowest BCUT2D eigenvalue weighted by Gasteiger charge is -2.19. The van der Waals surface area contributed by atoms with Gasteiger partial charge in [0.15, 0.2) is 0 Å². The van der Waals surface area contributed by atoms with Crippen LogP contribution < -0.4 is 0 Å². The minimum absolute atomic E-state index is 0.0780. The lowest BCUT2D eigenvalue weighted by molar-refractivity contribution is -0.139. The molecule has 6 heteroatoms. The quantitative estimate of drug-likeness (QED) is 0.775. The Bertz CT molecular complexity index is 420. The highest BCUT2D eigenvalue weighted by molar-refractivity contribution is 6.18. The van der Waals surface area contributed by atoms with E-state index in [4.69, 9.17) is 11.6 Å². The van der Waals surface area contributed by atoms with Crippen LogP contribution in [0.25, 0.3) is 0 Å². The number of benzene rings is 1. The van der Waals surface area contributed by atoms with Gasteiger partial charge in [0.05, 0.1) is 5.56 Å². The highest BCUT2D eigenvalue weighted by atomic mass is 35.5. The second kappa shape index (κ2) is 6.09. The van der Waals surface area contributed by atoms with Crippen LogP contribution in [0.5, 0.6) is 0 Å². The molecular formula is C12H13ClF3NO. The molecule has 1 aromatic rings. The summed E-state index contributed by atoms with van der Waals surface area (Å²) < 4.78 is 38.2. The molecule has 0 aliphatic rings. The molecule has 2 nitrogen and oxygen atoms in total. The third-order valence-corrected chi connectivity index (χ3v) is 2.65. The Kier molecular flexibility index (Phi) is 5.02. The summed E-state index contributed by atoms with van der Waals surface area (Å²) in [6, 6.07) is 5.22. The molecule has 1 amide bonds. The molecule has 100 valence electrons. The van der Waals surface area contributed by atoms with Crippen LogP contribution in [0.4, 0.5) is 13.2 Å². The monoisotopic (exact) mass is 279 g/mol. The molecule has 0 N–H and O–H groups in total. The van der Waals surface area contributed by atoms with Crippen LogP contribution in [0.3, 0.4) is 0 Å². The number of carbonyl (C=O) groups is 1. The van der Waals surface area contributed by atoms with Gasteiger partial charge in [-0.25, -0.2) is 0 Å². The Balaban J connectivity index is 2.88. The Labute approximate surface area is 108 Å². The zero-order valence-electron chi connectivity index (χ0n) is 9.80. The van der Waals surface area contributed by atoms with E-state index in [-0.39, 0.29) is 30.3 Å². The molecular weight excluding hydrogens is 267 g/mol. The van der Waals surface area contributed by atoms with Crippen molar-refractivity contribution in [3.05, 3.63) is 35.4 Å². The maximum Gasteiger partial charge on any atom is 0.416 e. The van der Waals surface area contributed by atoms with Crippen LogP contribution in [0.15, 0.2) is 24.3 Å². The summed E-state index contributed by atoms with van der Waals surface area (Å²) >= 11 is 5.42. The molecule has 0 heterocycles. The molecule has 0 aliphatic heterocycles. The predicted molar refractivity (Wildman–Crippen MR) is 63.3 cm³/mol. The van der Waals surface area contributed by atoms with Crippen LogP contribution >= 0.6 is 11.6 Å². The molecule has 1 rings (SSSR count). The van der Waals surface area contributed by atoms with E-state index in [0.29, 0.717) is 0 Å². The van der Waals surface area contributed by atoms with E-state index in [1.165, 1.54) is 30.1 Å². The van der Waals surface area contributed by atoms with Crippen molar-refractivity contribution in [2.45, 2.75) is 19.1 Å². The number of amides is 1. The zero-order chi connectivity index (χ0) is 13.8. The molecule has 0 unspecified atom stereocenters. The van der Waals surface area contributed by atoms with Crippen molar-refractivity contribution in [3.63, 3.8) is 0 Å². The molecule has 0 spiro atoms. The van der Waals surface area contributed by atoms with Crippen LogP contribution in [-0.2, 0) is 17.5 Å². The van der Waals surface area contributed by atoms with E-state index >= 15 is 0 Å². The predicted octanol–water partition coefficient (Wildman–Crippen LogP) is 3.29. The molecule has 1 aromatic carbocycles. The average molecular weight is 280 g/mol. The Morgan fingerprint density at radius 2 is 1.94 bits per heavy atom. The minimum Gasteiger partial charge on any atom is -0.341 e. The second-order valence-corrected chi connectivity index (χ2v) is 4.22. The maximum absolute atomic E-state index is 12.7. The first-order valence-electron chi connectivity index (χ1n) is 5.31. The number of nitrogens with zero attached hydrogens (tertiary/aromatic N) is 1. The lowest BCUT2D eigenvalue weighted by atomic mass is 10.1. The molecule has 0 fully saturated rings. The normalized spacial score (nSPS) is 11.4.